The predicted octanol–water partition coefficient (Wildman–Crippen LogP) is 1.06. The van der Waals surface area contributed by atoms with Crippen molar-refractivity contribution in [2.24, 2.45) is 0 Å². The molecule has 5 heteroatoms. The number of phosphoric ester groups is 1. The Morgan fingerprint density at radius 1 is 1.60 bits per heavy atom. The second-order valence-electron chi connectivity index (χ2n) is 1.83. The molecule has 0 amide bonds. The van der Waals surface area contributed by atoms with E-state index in [2.05, 4.69) is 4.52 Å². The molecule has 60 valence electrons. The number of rotatable bonds is 3. The van der Waals surface area contributed by atoms with E-state index in [4.69, 9.17) is 9.79 Å². The maximum absolute atomic E-state index is 10.2. The number of phosphoric acid groups is 1. The van der Waals surface area contributed by atoms with Gasteiger partial charge in [-0.2, -0.15) is 0 Å². The van der Waals surface area contributed by atoms with E-state index < -0.39 is 13.9 Å². The lowest BCUT2D eigenvalue weighted by atomic mass is 10.4. The van der Waals surface area contributed by atoms with E-state index in [1.54, 1.807) is 26.0 Å². The third-order valence-corrected chi connectivity index (χ3v) is 1.37. The van der Waals surface area contributed by atoms with Gasteiger partial charge in [0.05, 0.1) is 6.10 Å². The normalized spacial score (nSPS) is 16.0. The Morgan fingerprint density at radius 3 is 2.40 bits per heavy atom. The summed E-state index contributed by atoms with van der Waals surface area (Å²) in [7, 11) is -4.30. The highest BCUT2D eigenvalue weighted by molar-refractivity contribution is 7.46. The SMILES string of the molecule is C/C=C/C(C)OP(=O)(O)O. The molecule has 0 radical (unpaired) electrons. The summed E-state index contributed by atoms with van der Waals surface area (Å²) in [5.41, 5.74) is 0. The Hall–Kier alpha value is -0.150. The summed E-state index contributed by atoms with van der Waals surface area (Å²) >= 11 is 0. The minimum atomic E-state index is -4.30. The van der Waals surface area contributed by atoms with Crippen molar-refractivity contribution in [3.8, 4) is 0 Å². The van der Waals surface area contributed by atoms with Crippen LogP contribution in [0.15, 0.2) is 12.2 Å². The quantitative estimate of drug-likeness (QED) is 0.486. The van der Waals surface area contributed by atoms with Crippen LogP contribution in [-0.4, -0.2) is 15.9 Å². The minimum absolute atomic E-state index is 0.536. The van der Waals surface area contributed by atoms with Crippen molar-refractivity contribution in [3.63, 3.8) is 0 Å². The average Bonchev–Trinajstić information content (AvgIpc) is 1.59. The molecule has 0 aromatic heterocycles. The van der Waals surface area contributed by atoms with Gasteiger partial charge in [0.25, 0.3) is 0 Å². The maximum Gasteiger partial charge on any atom is 0.470 e. The molecular formula is C5H11O4P. The van der Waals surface area contributed by atoms with Gasteiger partial charge in [0.1, 0.15) is 0 Å². The van der Waals surface area contributed by atoms with Crippen LogP contribution in [-0.2, 0) is 9.09 Å². The Bertz CT molecular complexity index is 159. The summed E-state index contributed by atoms with van der Waals surface area (Å²) < 4.78 is 14.4. The van der Waals surface area contributed by atoms with Gasteiger partial charge in [-0.3, -0.25) is 4.52 Å². The molecular weight excluding hydrogens is 155 g/mol. The molecule has 10 heavy (non-hydrogen) atoms. The first-order valence-corrected chi connectivity index (χ1v) is 4.35. The van der Waals surface area contributed by atoms with Crippen LogP contribution >= 0.6 is 7.82 Å². The van der Waals surface area contributed by atoms with Crippen LogP contribution in [0.4, 0.5) is 0 Å². The molecule has 0 aliphatic rings. The molecule has 0 bridgehead atoms. The second kappa shape index (κ2) is 3.88. The summed E-state index contributed by atoms with van der Waals surface area (Å²) in [6.07, 6.45) is 2.69. The molecule has 0 fully saturated rings. The molecule has 0 aliphatic heterocycles. The lowest BCUT2D eigenvalue weighted by molar-refractivity contribution is 0.171. The Labute approximate surface area is 59.8 Å². The van der Waals surface area contributed by atoms with Crippen molar-refractivity contribution >= 4 is 7.82 Å². The third kappa shape index (κ3) is 5.98. The summed E-state index contributed by atoms with van der Waals surface area (Å²) in [6, 6.07) is 0. The maximum atomic E-state index is 10.2. The monoisotopic (exact) mass is 166 g/mol. The number of allylic oxidation sites excluding steroid dienone is 1. The van der Waals surface area contributed by atoms with E-state index in [0.717, 1.165) is 0 Å². The molecule has 0 spiro atoms. The van der Waals surface area contributed by atoms with Gasteiger partial charge in [-0.15, -0.1) is 0 Å². The highest BCUT2D eigenvalue weighted by Crippen LogP contribution is 2.37. The van der Waals surface area contributed by atoms with Crippen molar-refractivity contribution < 1.29 is 18.9 Å². The lowest BCUT2D eigenvalue weighted by Crippen LogP contribution is -2.01. The van der Waals surface area contributed by atoms with Crippen LogP contribution in [0.3, 0.4) is 0 Å². The van der Waals surface area contributed by atoms with Gasteiger partial charge in [-0.25, -0.2) is 4.57 Å². The zero-order valence-electron chi connectivity index (χ0n) is 5.89. The predicted molar refractivity (Wildman–Crippen MR) is 37.4 cm³/mol. The van der Waals surface area contributed by atoms with Gasteiger partial charge < -0.3 is 9.79 Å². The van der Waals surface area contributed by atoms with Crippen molar-refractivity contribution in [1.82, 2.24) is 0 Å². The van der Waals surface area contributed by atoms with Crippen molar-refractivity contribution in [1.29, 1.82) is 0 Å². The summed E-state index contributed by atoms with van der Waals surface area (Å²) in [5, 5.41) is 0. The topological polar surface area (TPSA) is 66.8 Å². The molecule has 4 nitrogen and oxygen atoms in total. The van der Waals surface area contributed by atoms with E-state index in [1.165, 1.54) is 0 Å². The number of hydrogen-bond acceptors (Lipinski definition) is 2. The fourth-order valence-electron chi connectivity index (χ4n) is 0.523. The van der Waals surface area contributed by atoms with Crippen LogP contribution in [0.2, 0.25) is 0 Å². The molecule has 1 atom stereocenters. The zero-order valence-corrected chi connectivity index (χ0v) is 6.78. The first-order chi connectivity index (χ1) is 4.45. The third-order valence-electron chi connectivity index (χ3n) is 0.767. The minimum Gasteiger partial charge on any atom is -0.303 e. The highest BCUT2D eigenvalue weighted by atomic mass is 31.2. The molecule has 0 saturated carbocycles. The van der Waals surface area contributed by atoms with Gasteiger partial charge in [0, 0.05) is 0 Å². The van der Waals surface area contributed by atoms with E-state index >= 15 is 0 Å². The van der Waals surface area contributed by atoms with Crippen LogP contribution in [0.1, 0.15) is 13.8 Å². The Balaban J connectivity index is 3.80. The van der Waals surface area contributed by atoms with E-state index in [0.29, 0.717) is 0 Å². The summed E-state index contributed by atoms with van der Waals surface area (Å²) in [5.74, 6) is 0. The van der Waals surface area contributed by atoms with Gasteiger partial charge in [-0.1, -0.05) is 12.2 Å². The second-order valence-corrected chi connectivity index (χ2v) is 3.02. The standard InChI is InChI=1S/C5H11O4P/c1-3-4-5(2)9-10(6,7)8/h3-5H,1-2H3,(H2,6,7,8)/b4-3+. The smallest absolute Gasteiger partial charge is 0.303 e. The van der Waals surface area contributed by atoms with E-state index in [9.17, 15) is 4.57 Å². The molecule has 0 saturated heterocycles. The van der Waals surface area contributed by atoms with E-state index in [1.807, 2.05) is 0 Å². The zero-order chi connectivity index (χ0) is 8.20. The van der Waals surface area contributed by atoms with Gasteiger partial charge in [-0.05, 0) is 13.8 Å². The summed E-state index contributed by atoms with van der Waals surface area (Å²) in [4.78, 5) is 16.5. The number of hydrogen-bond donors (Lipinski definition) is 2. The first-order valence-electron chi connectivity index (χ1n) is 2.82. The van der Waals surface area contributed by atoms with Crippen molar-refractivity contribution in [2.75, 3.05) is 0 Å². The van der Waals surface area contributed by atoms with Crippen LogP contribution in [0, 0.1) is 0 Å². The molecule has 1 unspecified atom stereocenters. The highest BCUT2D eigenvalue weighted by Gasteiger charge is 2.16. The van der Waals surface area contributed by atoms with Crippen LogP contribution in [0.25, 0.3) is 0 Å². The fourth-order valence-corrected chi connectivity index (χ4v) is 1.03. The van der Waals surface area contributed by atoms with Gasteiger partial charge in [0.2, 0.25) is 0 Å². The van der Waals surface area contributed by atoms with Crippen LogP contribution in [0.5, 0.6) is 0 Å². The van der Waals surface area contributed by atoms with Crippen LogP contribution < -0.4 is 0 Å². The molecule has 0 heterocycles. The molecule has 2 N–H and O–H groups in total. The van der Waals surface area contributed by atoms with E-state index in [-0.39, 0.29) is 0 Å². The summed E-state index contributed by atoms with van der Waals surface area (Å²) in [6.45, 7) is 3.30. The molecule has 0 rings (SSSR count). The molecule has 0 aromatic carbocycles. The largest absolute Gasteiger partial charge is 0.470 e. The van der Waals surface area contributed by atoms with Gasteiger partial charge in [0.15, 0.2) is 0 Å². The van der Waals surface area contributed by atoms with Crippen molar-refractivity contribution in [3.05, 3.63) is 12.2 Å². The molecule has 0 aromatic rings. The fraction of sp³-hybridized carbons (Fsp3) is 0.600. The average molecular weight is 166 g/mol. The van der Waals surface area contributed by atoms with Gasteiger partial charge >= 0.3 is 7.82 Å². The lowest BCUT2D eigenvalue weighted by Gasteiger charge is -2.08. The first kappa shape index (κ1) is 9.85. The Morgan fingerprint density at radius 2 is 2.10 bits per heavy atom. The molecule has 0 aliphatic carbocycles. The Kier molecular flexibility index (Phi) is 3.83. The van der Waals surface area contributed by atoms with Crippen molar-refractivity contribution in [2.45, 2.75) is 20.0 Å².